The first kappa shape index (κ1) is 84.6. The molecule has 8 heterocycles. The number of rotatable bonds is 14. The van der Waals surface area contributed by atoms with Gasteiger partial charge in [-0.2, -0.15) is 0 Å². The van der Waals surface area contributed by atoms with Crippen LogP contribution in [0.2, 0.25) is 10.0 Å². The molecule has 0 bridgehead atoms. The fraction of sp³-hybridized carbons (Fsp3) is 0.340. The van der Waals surface area contributed by atoms with E-state index in [-0.39, 0.29) is 68.9 Å². The lowest BCUT2D eigenvalue weighted by Gasteiger charge is -2.32. The predicted octanol–water partition coefficient (Wildman–Crippen LogP) is 26.5. The Morgan fingerprint density at radius 1 is 0.315 bits per heavy atom. The van der Waals surface area contributed by atoms with E-state index >= 15 is 0 Å². The number of ether oxygens (including phenoxy) is 2. The van der Waals surface area contributed by atoms with Crippen molar-refractivity contribution in [2.45, 2.75) is 178 Å². The van der Waals surface area contributed by atoms with Gasteiger partial charge in [-0.05, 0) is 318 Å². The number of halogens is 8. The maximum atomic E-state index is 13.9. The van der Waals surface area contributed by atoms with E-state index in [0.29, 0.717) is 80.5 Å². The summed E-state index contributed by atoms with van der Waals surface area (Å²) in [5.74, 6) is 5.99. The Kier molecular flexibility index (Phi) is 25.0. The van der Waals surface area contributed by atoms with Crippen LogP contribution in [0.4, 0.5) is 26.3 Å². The van der Waals surface area contributed by atoms with Crippen molar-refractivity contribution in [2.24, 2.45) is 23.7 Å². The van der Waals surface area contributed by atoms with E-state index < -0.39 is 11.6 Å². The molecular weight excluding hydrogens is 1620 g/mol. The van der Waals surface area contributed by atoms with Crippen LogP contribution in [0.1, 0.15) is 244 Å². The van der Waals surface area contributed by atoms with Crippen molar-refractivity contribution in [3.05, 3.63) is 284 Å². The summed E-state index contributed by atoms with van der Waals surface area (Å²) in [6.07, 6.45) is 24.4. The smallest absolute Gasteiger partial charge is 0.337 e. The van der Waals surface area contributed by atoms with Gasteiger partial charge in [0.25, 0.3) is 0 Å². The third kappa shape index (κ3) is 18.1. The molecule has 4 atom stereocenters. The van der Waals surface area contributed by atoms with Crippen LogP contribution >= 0.6 is 23.2 Å². The Bertz CT molecular complexity index is 6150. The molecule has 124 heavy (non-hydrogen) atoms. The van der Waals surface area contributed by atoms with Crippen LogP contribution < -0.4 is 0 Å². The second-order valence-corrected chi connectivity index (χ2v) is 35.2. The zero-order chi connectivity index (χ0) is 86.1. The number of esters is 2. The van der Waals surface area contributed by atoms with Gasteiger partial charge in [-0.3, -0.25) is 19.9 Å². The van der Waals surface area contributed by atoms with E-state index in [1.165, 1.54) is 72.9 Å². The third-order valence-electron chi connectivity index (χ3n) is 27.3. The van der Waals surface area contributed by atoms with Gasteiger partial charge in [0.2, 0.25) is 0 Å². The number of fused-ring (bicyclic) bond motifs is 8. The summed E-state index contributed by atoms with van der Waals surface area (Å²) in [5, 5.41) is 3.89. The van der Waals surface area contributed by atoms with E-state index in [1.807, 2.05) is 61.2 Å². The molecule has 16 nitrogen and oxygen atoms in total. The summed E-state index contributed by atoms with van der Waals surface area (Å²) in [7, 11) is 2.77. The predicted molar refractivity (Wildman–Crippen MR) is 476 cm³/mol. The van der Waals surface area contributed by atoms with Crippen LogP contribution in [-0.4, -0.2) is 86.0 Å². The summed E-state index contributed by atoms with van der Waals surface area (Å²) >= 11 is 11.8. The molecule has 16 aromatic rings. The molecule has 0 aliphatic heterocycles. The first-order chi connectivity index (χ1) is 60.0. The Labute approximate surface area is 723 Å². The highest BCUT2D eigenvalue weighted by molar-refractivity contribution is 6.31. The van der Waals surface area contributed by atoms with Gasteiger partial charge in [0.1, 0.15) is 58.2 Å². The van der Waals surface area contributed by atoms with Gasteiger partial charge in [0, 0.05) is 82.1 Å². The number of methoxy groups -OCH3 is 2. The second kappa shape index (κ2) is 36.7. The lowest BCUT2D eigenvalue weighted by Crippen LogP contribution is -2.19. The van der Waals surface area contributed by atoms with Crippen LogP contribution in [-0.2, 0) is 9.47 Å². The summed E-state index contributed by atoms with van der Waals surface area (Å²) in [4.78, 5) is 73.4. The molecule has 0 radical (unpaired) electrons. The molecule has 0 saturated heterocycles. The lowest BCUT2D eigenvalue weighted by molar-refractivity contribution is 0.0592. The highest BCUT2D eigenvalue weighted by Gasteiger charge is 2.35. The van der Waals surface area contributed by atoms with E-state index in [1.54, 1.807) is 84.9 Å². The topological polar surface area (TPSA) is 219 Å². The lowest BCUT2D eigenvalue weighted by atomic mass is 9.73. The molecule has 20 rings (SSSR count). The Morgan fingerprint density at radius 3 is 0.815 bits per heavy atom. The van der Waals surface area contributed by atoms with E-state index in [2.05, 4.69) is 77.5 Å². The van der Waals surface area contributed by atoms with Gasteiger partial charge in [-0.15, -0.1) is 0 Å². The zero-order valence-electron chi connectivity index (χ0n) is 69.8. The van der Waals surface area contributed by atoms with Gasteiger partial charge >= 0.3 is 11.9 Å². The quantitative estimate of drug-likeness (QED) is 0.0590. The first-order valence-electron chi connectivity index (χ1n) is 43.1. The fourth-order valence-electron chi connectivity index (χ4n) is 20.1. The number of carbonyl (C=O) groups excluding carboxylic acids is 2. The number of aromatic nitrogens is 12. The number of imidazole rings is 4. The first-order valence-corrected chi connectivity index (χ1v) is 43.8. The minimum Gasteiger partial charge on any atom is -0.465 e. The van der Waals surface area contributed by atoms with Crippen LogP contribution in [0.3, 0.4) is 0 Å². The number of hydrogen-bond donors (Lipinski definition) is 4. The Hall–Kier alpha value is -11.6. The average Bonchev–Trinajstić information content (AvgIpc) is 1.46. The minimum atomic E-state index is -0.437. The van der Waals surface area contributed by atoms with Crippen molar-refractivity contribution in [3.63, 3.8) is 0 Å². The number of nitrogens with zero attached hydrogens (tertiary/aromatic N) is 8. The number of pyridine rings is 4. The summed E-state index contributed by atoms with van der Waals surface area (Å²) in [6.45, 7) is 8.80. The molecule has 1 unspecified atom stereocenters. The van der Waals surface area contributed by atoms with E-state index in [4.69, 9.17) is 42.6 Å². The second-order valence-electron chi connectivity index (χ2n) is 34.4. The van der Waals surface area contributed by atoms with Crippen LogP contribution in [0.25, 0.3) is 87.7 Å². The molecule has 636 valence electrons. The normalized spacial score (nSPS) is 20.2. The van der Waals surface area contributed by atoms with Crippen LogP contribution in [0, 0.1) is 58.6 Å². The molecule has 8 aromatic carbocycles. The van der Waals surface area contributed by atoms with Gasteiger partial charge in [-0.25, -0.2) is 55.9 Å². The van der Waals surface area contributed by atoms with Crippen molar-refractivity contribution in [3.8, 4) is 0 Å². The monoisotopic (exact) mass is 1710 g/mol. The highest BCUT2D eigenvalue weighted by atomic mass is 35.5. The van der Waals surface area contributed by atoms with Crippen molar-refractivity contribution >= 4 is 123 Å². The molecule has 24 heteroatoms. The van der Waals surface area contributed by atoms with Crippen molar-refractivity contribution in [1.29, 1.82) is 0 Å². The fourth-order valence-corrected chi connectivity index (χ4v) is 20.4. The largest absolute Gasteiger partial charge is 0.465 e. The van der Waals surface area contributed by atoms with Crippen molar-refractivity contribution in [2.75, 3.05) is 14.2 Å². The molecule has 4 fully saturated rings. The van der Waals surface area contributed by atoms with Crippen LogP contribution in [0.5, 0.6) is 0 Å². The third-order valence-corrected chi connectivity index (χ3v) is 27.9. The Balaban J connectivity index is 0.000000117. The summed E-state index contributed by atoms with van der Waals surface area (Å²) in [6, 6.07) is 44.3. The molecule has 8 aromatic heterocycles. The minimum absolute atomic E-state index is 0.0923. The summed E-state index contributed by atoms with van der Waals surface area (Å²) < 4.78 is 92.4. The average molecular weight is 1710 g/mol. The van der Waals surface area contributed by atoms with Gasteiger partial charge in [0.15, 0.2) is 0 Å². The van der Waals surface area contributed by atoms with Crippen molar-refractivity contribution < 1.29 is 45.4 Å². The van der Waals surface area contributed by atoms with Gasteiger partial charge in [0.05, 0.1) is 102 Å². The number of H-pyrrole nitrogens is 4. The molecule has 4 aliphatic carbocycles. The zero-order valence-corrected chi connectivity index (χ0v) is 71.3. The maximum absolute atomic E-state index is 13.9. The van der Waals surface area contributed by atoms with E-state index in [0.717, 1.165) is 192 Å². The molecular formula is C100H96Cl2F6N12O4. The number of nitrogens with one attached hydrogen (secondary N) is 4. The van der Waals surface area contributed by atoms with E-state index in [9.17, 15) is 35.9 Å². The van der Waals surface area contributed by atoms with Crippen LogP contribution in [0.15, 0.2) is 183 Å². The number of carbonyl (C=O) groups is 2. The number of hydrogen-bond acceptors (Lipinski definition) is 12. The van der Waals surface area contributed by atoms with Gasteiger partial charge < -0.3 is 29.4 Å². The maximum Gasteiger partial charge on any atom is 0.337 e. The number of aromatic amines is 4. The Morgan fingerprint density at radius 2 is 0.556 bits per heavy atom. The molecule has 0 amide bonds. The standard InChI is InChI=1S/2C26H26FN3O2.2C24H22ClF2N3/c2*1-15(25-29-23-9-7-18(26(31)32-2)13-24(23)30-25)16-3-5-17(6-4-16)20-11-12-28-22-10-8-19(27)14-21(20)22;2*1-13(24-29-22-11-19(25)20(27)12-23(22)30-24)14-2-4-15(5-3-14)17-8-9-28-21-7-6-16(26)10-18(17)21/h2*7-17H,3-6H2,1-2H3,(H,29,30);2*6-15H,2-5H2,1H3,(H,29,30)/t15-,16?,17?;;2*13-,14?,15?/m0.10/s1. The molecule has 0 spiro atoms. The SMILES string of the molecule is COC(=O)c1ccc2nc(C(C)C3CCC(c4ccnc5ccc(F)cc45)CC3)[nH]c2c1.COC(=O)c1ccc2nc([C@@H](C)C3CCC(c4ccnc5ccc(F)cc45)CC3)[nH]c2c1.C[C@@H](c1nc2cc(Cl)c(F)cc2[nH]1)C1CCC(c2ccnc3ccc(F)cc23)CC1.C[C@H](c1nc2cc(Cl)c(F)cc2[nH]1)C1CCC(c2ccnc3ccc(F)cc23)CC1. The van der Waals surface area contributed by atoms with Crippen molar-refractivity contribution in [1.82, 2.24) is 59.8 Å². The molecule has 4 aliphatic rings. The molecule has 4 N–H and O–H groups in total. The summed E-state index contributed by atoms with van der Waals surface area (Å²) in [5.41, 5.74) is 15.4. The van der Waals surface area contributed by atoms with Gasteiger partial charge in [-0.1, -0.05) is 50.9 Å². The highest BCUT2D eigenvalue weighted by Crippen LogP contribution is 2.49. The molecule has 4 saturated carbocycles. The number of benzene rings is 8.